The first-order valence-corrected chi connectivity index (χ1v) is 10.4. The van der Waals surface area contributed by atoms with Gasteiger partial charge in [-0.2, -0.15) is 0 Å². The topological polar surface area (TPSA) is 115 Å². The van der Waals surface area contributed by atoms with Gasteiger partial charge in [-0.3, -0.25) is 14.9 Å². The zero-order chi connectivity index (χ0) is 22.1. The standard InChI is InChI=1S/C20H24N4O5S/c1-12-15(22-19(26)29-20(2,3)4)8-9-23(12)18(25)16-11-30-17(21-16)13-6-5-7-14(10-13)24(27)28/h5-7,10-12,15H,8-9H2,1-4H3,(H,22,26)/t12-,15-/m1/s1. The van der Waals surface area contributed by atoms with Crippen molar-refractivity contribution >= 4 is 29.0 Å². The van der Waals surface area contributed by atoms with Crippen molar-refractivity contribution in [1.29, 1.82) is 0 Å². The molecule has 0 aliphatic carbocycles. The number of non-ortho nitro benzene ring substituents is 1. The van der Waals surface area contributed by atoms with E-state index in [0.29, 0.717) is 23.5 Å². The van der Waals surface area contributed by atoms with Crippen LogP contribution in [0.5, 0.6) is 0 Å². The van der Waals surface area contributed by atoms with Gasteiger partial charge >= 0.3 is 6.09 Å². The molecular weight excluding hydrogens is 408 g/mol. The van der Waals surface area contributed by atoms with Crippen LogP contribution in [0, 0.1) is 10.1 Å². The lowest BCUT2D eigenvalue weighted by Crippen LogP contribution is -2.46. The van der Waals surface area contributed by atoms with E-state index in [-0.39, 0.29) is 29.4 Å². The predicted molar refractivity (Wildman–Crippen MR) is 112 cm³/mol. The quantitative estimate of drug-likeness (QED) is 0.580. The summed E-state index contributed by atoms with van der Waals surface area (Å²) in [4.78, 5) is 41.6. The van der Waals surface area contributed by atoms with Crippen LogP contribution in [0.4, 0.5) is 10.5 Å². The van der Waals surface area contributed by atoms with Gasteiger partial charge < -0.3 is 15.0 Å². The molecule has 0 radical (unpaired) electrons. The summed E-state index contributed by atoms with van der Waals surface area (Å²) in [5.74, 6) is -0.232. The van der Waals surface area contributed by atoms with Crippen molar-refractivity contribution in [2.75, 3.05) is 6.54 Å². The highest BCUT2D eigenvalue weighted by Crippen LogP contribution is 2.28. The van der Waals surface area contributed by atoms with E-state index in [1.807, 2.05) is 6.92 Å². The third kappa shape index (κ3) is 4.93. The molecule has 0 bridgehead atoms. The van der Waals surface area contributed by atoms with Crippen LogP contribution in [0.1, 0.15) is 44.6 Å². The van der Waals surface area contributed by atoms with E-state index < -0.39 is 16.6 Å². The molecule has 1 N–H and O–H groups in total. The molecule has 0 saturated carbocycles. The maximum absolute atomic E-state index is 13.0. The number of nitrogens with zero attached hydrogens (tertiary/aromatic N) is 3. The maximum Gasteiger partial charge on any atom is 0.407 e. The van der Waals surface area contributed by atoms with Crippen LogP contribution in [0.15, 0.2) is 29.6 Å². The van der Waals surface area contributed by atoms with Gasteiger partial charge in [-0.25, -0.2) is 9.78 Å². The van der Waals surface area contributed by atoms with Crippen LogP contribution in [0.25, 0.3) is 10.6 Å². The molecule has 1 aliphatic rings. The Morgan fingerprint density at radius 1 is 1.37 bits per heavy atom. The lowest BCUT2D eigenvalue weighted by Gasteiger charge is -2.26. The molecule has 0 unspecified atom stereocenters. The number of nitrogens with one attached hydrogen (secondary N) is 1. The molecule has 9 nitrogen and oxygen atoms in total. The number of aromatic nitrogens is 1. The van der Waals surface area contributed by atoms with Crippen molar-refractivity contribution in [3.05, 3.63) is 45.5 Å². The van der Waals surface area contributed by atoms with E-state index in [1.54, 1.807) is 43.2 Å². The van der Waals surface area contributed by atoms with Gasteiger partial charge in [0.2, 0.25) is 0 Å². The lowest BCUT2D eigenvalue weighted by molar-refractivity contribution is -0.384. The fraction of sp³-hybridized carbons (Fsp3) is 0.450. The Bertz CT molecular complexity index is 968. The number of nitro groups is 1. The van der Waals surface area contributed by atoms with E-state index in [0.717, 1.165) is 0 Å². The molecule has 10 heteroatoms. The fourth-order valence-electron chi connectivity index (χ4n) is 3.28. The molecule has 30 heavy (non-hydrogen) atoms. The Balaban J connectivity index is 1.68. The van der Waals surface area contributed by atoms with E-state index >= 15 is 0 Å². The van der Waals surface area contributed by atoms with Crippen LogP contribution in [-0.2, 0) is 4.74 Å². The van der Waals surface area contributed by atoms with Crippen LogP contribution in [0.3, 0.4) is 0 Å². The highest BCUT2D eigenvalue weighted by molar-refractivity contribution is 7.13. The molecule has 1 aromatic carbocycles. The fourth-order valence-corrected chi connectivity index (χ4v) is 4.07. The summed E-state index contributed by atoms with van der Waals surface area (Å²) < 4.78 is 5.29. The number of nitro benzene ring substituents is 1. The third-order valence-electron chi connectivity index (χ3n) is 4.75. The van der Waals surface area contributed by atoms with E-state index in [2.05, 4.69) is 10.3 Å². The zero-order valence-corrected chi connectivity index (χ0v) is 18.1. The molecule has 2 atom stereocenters. The largest absolute Gasteiger partial charge is 0.444 e. The smallest absolute Gasteiger partial charge is 0.407 e. The molecular formula is C20H24N4O5S. The molecule has 160 valence electrons. The molecule has 1 aromatic heterocycles. The van der Waals surface area contributed by atoms with Crippen molar-refractivity contribution < 1.29 is 19.2 Å². The van der Waals surface area contributed by atoms with Crippen LogP contribution in [0.2, 0.25) is 0 Å². The van der Waals surface area contributed by atoms with E-state index in [4.69, 9.17) is 4.74 Å². The molecule has 3 rings (SSSR count). The van der Waals surface area contributed by atoms with Crippen LogP contribution < -0.4 is 5.32 Å². The molecule has 0 spiro atoms. The SMILES string of the molecule is C[C@@H]1[C@H](NC(=O)OC(C)(C)C)CCN1C(=O)c1csc(-c2cccc([N+](=O)[O-])c2)n1. The monoisotopic (exact) mass is 432 g/mol. The minimum absolute atomic E-state index is 0.0280. The molecule has 2 heterocycles. The van der Waals surface area contributed by atoms with Crippen molar-refractivity contribution in [1.82, 2.24) is 15.2 Å². The highest BCUT2D eigenvalue weighted by atomic mass is 32.1. The second kappa shape index (κ2) is 8.39. The van der Waals surface area contributed by atoms with Gasteiger partial charge in [0.1, 0.15) is 16.3 Å². The second-order valence-electron chi connectivity index (χ2n) is 8.13. The average molecular weight is 433 g/mol. The van der Waals surface area contributed by atoms with Gasteiger partial charge in [-0.1, -0.05) is 12.1 Å². The minimum atomic E-state index is -0.592. The summed E-state index contributed by atoms with van der Waals surface area (Å²) in [5, 5.41) is 16.0. The first kappa shape index (κ1) is 21.7. The maximum atomic E-state index is 13.0. The van der Waals surface area contributed by atoms with Gasteiger partial charge in [0, 0.05) is 35.7 Å². The van der Waals surface area contributed by atoms with Crippen molar-refractivity contribution in [2.24, 2.45) is 0 Å². The Kier molecular flexibility index (Phi) is 6.06. The highest BCUT2D eigenvalue weighted by Gasteiger charge is 2.36. The van der Waals surface area contributed by atoms with Gasteiger partial charge in [0.05, 0.1) is 11.0 Å². The summed E-state index contributed by atoms with van der Waals surface area (Å²) in [6.45, 7) is 7.75. The number of thiazole rings is 1. The van der Waals surface area contributed by atoms with Gasteiger partial charge in [0.15, 0.2) is 0 Å². The molecule has 2 aromatic rings. The number of hydrogen-bond acceptors (Lipinski definition) is 7. The Morgan fingerprint density at radius 3 is 2.77 bits per heavy atom. The van der Waals surface area contributed by atoms with Gasteiger partial charge in [-0.15, -0.1) is 11.3 Å². The van der Waals surface area contributed by atoms with Crippen LogP contribution >= 0.6 is 11.3 Å². The van der Waals surface area contributed by atoms with Crippen molar-refractivity contribution in [3.63, 3.8) is 0 Å². The molecule has 1 saturated heterocycles. The predicted octanol–water partition coefficient (Wildman–Crippen LogP) is 3.85. The summed E-state index contributed by atoms with van der Waals surface area (Å²) in [6, 6.07) is 5.73. The summed E-state index contributed by atoms with van der Waals surface area (Å²) in [7, 11) is 0. The number of benzene rings is 1. The second-order valence-corrected chi connectivity index (χ2v) is 8.98. The number of rotatable bonds is 4. The Hall–Kier alpha value is -3.01. The zero-order valence-electron chi connectivity index (χ0n) is 17.2. The van der Waals surface area contributed by atoms with E-state index in [1.165, 1.54) is 23.5 Å². The normalized spacial score (nSPS) is 18.9. The minimum Gasteiger partial charge on any atom is -0.444 e. The number of alkyl carbamates (subject to hydrolysis) is 1. The molecule has 1 aliphatic heterocycles. The lowest BCUT2D eigenvalue weighted by atomic mass is 10.1. The summed E-state index contributed by atoms with van der Waals surface area (Å²) in [5.41, 5.74) is 0.253. The number of ether oxygens (including phenoxy) is 1. The Labute approximate surface area is 178 Å². The van der Waals surface area contributed by atoms with Crippen molar-refractivity contribution in [3.8, 4) is 10.6 Å². The number of likely N-dealkylation sites (tertiary alicyclic amines) is 1. The third-order valence-corrected chi connectivity index (χ3v) is 5.64. The van der Waals surface area contributed by atoms with Crippen LogP contribution in [-0.4, -0.2) is 51.0 Å². The van der Waals surface area contributed by atoms with Gasteiger partial charge in [-0.05, 0) is 34.1 Å². The average Bonchev–Trinajstić information content (AvgIpc) is 3.28. The summed E-state index contributed by atoms with van der Waals surface area (Å²) in [6.07, 6.45) is 0.115. The number of hydrogen-bond donors (Lipinski definition) is 1. The molecule has 2 amide bonds. The first-order valence-electron chi connectivity index (χ1n) is 9.56. The number of carbonyl (C=O) groups is 2. The van der Waals surface area contributed by atoms with E-state index in [9.17, 15) is 19.7 Å². The Morgan fingerprint density at radius 2 is 2.10 bits per heavy atom. The van der Waals surface area contributed by atoms with Gasteiger partial charge in [0.25, 0.3) is 11.6 Å². The van der Waals surface area contributed by atoms with Crippen molar-refractivity contribution in [2.45, 2.75) is 51.8 Å². The summed E-state index contributed by atoms with van der Waals surface area (Å²) >= 11 is 1.26. The number of amides is 2. The first-order chi connectivity index (χ1) is 14.0. The number of carbonyl (C=O) groups excluding carboxylic acids is 2. The molecule has 1 fully saturated rings.